The molecule has 1 saturated heterocycles. The van der Waals surface area contributed by atoms with Crippen molar-refractivity contribution in [3.8, 4) is 0 Å². The van der Waals surface area contributed by atoms with Crippen molar-refractivity contribution in [1.29, 1.82) is 0 Å². The molecular weight excluding hydrogens is 240 g/mol. The molecule has 0 bridgehead atoms. The second-order valence-electron chi connectivity index (χ2n) is 6.45. The summed E-state index contributed by atoms with van der Waals surface area (Å²) in [5, 5.41) is 0. The van der Waals surface area contributed by atoms with Crippen LogP contribution in [0.2, 0.25) is 0 Å². The number of nitrogens with zero attached hydrogens (tertiary/aromatic N) is 2. The molecule has 0 aromatic carbocycles. The predicted octanol–water partition coefficient (Wildman–Crippen LogP) is 2.98. The van der Waals surface area contributed by atoms with Crippen LogP contribution in [0.15, 0.2) is 24.5 Å². The highest BCUT2D eigenvalue weighted by molar-refractivity contribution is 5.69. The summed E-state index contributed by atoms with van der Waals surface area (Å²) in [5.41, 5.74) is 0.719. The normalized spacial score (nSPS) is 23.5. The van der Waals surface area contributed by atoms with Gasteiger partial charge in [-0.15, -0.1) is 0 Å². The number of pyridine rings is 1. The van der Waals surface area contributed by atoms with Crippen LogP contribution in [0.4, 0.5) is 4.79 Å². The van der Waals surface area contributed by atoms with Crippen LogP contribution in [0.25, 0.3) is 0 Å². The lowest BCUT2D eigenvalue weighted by Crippen LogP contribution is -2.37. The first-order chi connectivity index (χ1) is 8.80. The molecule has 19 heavy (non-hydrogen) atoms. The van der Waals surface area contributed by atoms with Crippen molar-refractivity contribution in [1.82, 2.24) is 9.88 Å². The standard InChI is InChI=1S/C15H22N2O2/c1-14(2,3)19-13(18)17-9-7-15(4,11-17)12-6-5-8-16-10-12/h5-6,8,10H,7,9,11H2,1-4H3. The summed E-state index contributed by atoms with van der Waals surface area (Å²) in [5.74, 6) is 0. The lowest BCUT2D eigenvalue weighted by Gasteiger charge is -2.27. The van der Waals surface area contributed by atoms with Gasteiger partial charge in [0, 0.05) is 30.9 Å². The van der Waals surface area contributed by atoms with E-state index in [1.165, 1.54) is 5.56 Å². The molecule has 4 nitrogen and oxygen atoms in total. The number of likely N-dealkylation sites (tertiary alicyclic amines) is 1. The number of carbonyl (C=O) groups excluding carboxylic acids is 1. The average molecular weight is 262 g/mol. The van der Waals surface area contributed by atoms with Crippen LogP contribution < -0.4 is 0 Å². The number of hydrogen-bond donors (Lipinski definition) is 0. The van der Waals surface area contributed by atoms with Gasteiger partial charge in [0.05, 0.1) is 0 Å². The molecule has 1 amide bonds. The van der Waals surface area contributed by atoms with E-state index in [2.05, 4.69) is 18.0 Å². The van der Waals surface area contributed by atoms with E-state index >= 15 is 0 Å². The second kappa shape index (κ2) is 4.83. The van der Waals surface area contributed by atoms with E-state index in [0.29, 0.717) is 6.54 Å². The first-order valence-electron chi connectivity index (χ1n) is 6.69. The van der Waals surface area contributed by atoms with Gasteiger partial charge in [-0.3, -0.25) is 4.98 Å². The Bertz CT molecular complexity index is 453. The number of aromatic nitrogens is 1. The van der Waals surface area contributed by atoms with Crippen molar-refractivity contribution in [2.45, 2.75) is 45.1 Å². The van der Waals surface area contributed by atoms with E-state index < -0.39 is 5.60 Å². The SMILES string of the molecule is CC(C)(C)OC(=O)N1CCC(C)(c2cccnc2)C1. The predicted molar refractivity (Wildman–Crippen MR) is 74.0 cm³/mol. The molecule has 1 aromatic heterocycles. The number of carbonyl (C=O) groups is 1. The highest BCUT2D eigenvalue weighted by atomic mass is 16.6. The van der Waals surface area contributed by atoms with Crippen LogP contribution in [-0.2, 0) is 10.2 Å². The molecule has 1 unspecified atom stereocenters. The maximum absolute atomic E-state index is 12.1. The second-order valence-corrected chi connectivity index (χ2v) is 6.45. The minimum Gasteiger partial charge on any atom is -0.444 e. The zero-order valence-corrected chi connectivity index (χ0v) is 12.1. The van der Waals surface area contributed by atoms with Gasteiger partial charge in [-0.1, -0.05) is 13.0 Å². The maximum Gasteiger partial charge on any atom is 0.410 e. The lowest BCUT2D eigenvalue weighted by atomic mass is 9.83. The highest BCUT2D eigenvalue weighted by Crippen LogP contribution is 2.34. The number of hydrogen-bond acceptors (Lipinski definition) is 3. The Morgan fingerprint density at radius 2 is 2.21 bits per heavy atom. The highest BCUT2D eigenvalue weighted by Gasteiger charge is 2.39. The van der Waals surface area contributed by atoms with Gasteiger partial charge in [0.25, 0.3) is 0 Å². The van der Waals surface area contributed by atoms with Crippen LogP contribution in [-0.4, -0.2) is 34.7 Å². The van der Waals surface area contributed by atoms with Gasteiger partial charge < -0.3 is 9.64 Å². The van der Waals surface area contributed by atoms with Crippen molar-refractivity contribution in [3.63, 3.8) is 0 Å². The Labute approximate surface area is 114 Å². The fourth-order valence-corrected chi connectivity index (χ4v) is 2.40. The summed E-state index contributed by atoms with van der Waals surface area (Å²) in [7, 11) is 0. The third-order valence-corrected chi connectivity index (χ3v) is 3.48. The van der Waals surface area contributed by atoms with E-state index in [9.17, 15) is 4.79 Å². The zero-order chi connectivity index (χ0) is 14.1. The molecule has 0 saturated carbocycles. The third kappa shape index (κ3) is 3.25. The summed E-state index contributed by atoms with van der Waals surface area (Å²) in [6.07, 6.45) is 4.38. The first-order valence-corrected chi connectivity index (χ1v) is 6.69. The molecule has 1 aliphatic rings. The molecule has 1 fully saturated rings. The molecule has 2 rings (SSSR count). The van der Waals surface area contributed by atoms with Crippen molar-refractivity contribution < 1.29 is 9.53 Å². The third-order valence-electron chi connectivity index (χ3n) is 3.48. The Morgan fingerprint density at radius 3 is 2.79 bits per heavy atom. The molecule has 0 aliphatic carbocycles. The Kier molecular flexibility index (Phi) is 3.52. The summed E-state index contributed by atoms with van der Waals surface area (Å²) in [6.45, 7) is 9.27. The Balaban J connectivity index is 2.06. The van der Waals surface area contributed by atoms with Gasteiger partial charge >= 0.3 is 6.09 Å². The molecule has 0 N–H and O–H groups in total. The summed E-state index contributed by atoms with van der Waals surface area (Å²) in [4.78, 5) is 18.0. The van der Waals surface area contributed by atoms with Gasteiger partial charge in [-0.2, -0.15) is 0 Å². The summed E-state index contributed by atoms with van der Waals surface area (Å²) < 4.78 is 5.42. The maximum atomic E-state index is 12.1. The monoisotopic (exact) mass is 262 g/mol. The van der Waals surface area contributed by atoms with Crippen molar-refractivity contribution >= 4 is 6.09 Å². The first kappa shape index (κ1) is 13.8. The van der Waals surface area contributed by atoms with Gasteiger partial charge in [0.15, 0.2) is 0 Å². The molecule has 1 aromatic rings. The Hall–Kier alpha value is -1.58. The average Bonchev–Trinajstić information content (AvgIpc) is 2.73. The molecule has 0 radical (unpaired) electrons. The quantitative estimate of drug-likeness (QED) is 0.781. The summed E-state index contributed by atoms with van der Waals surface area (Å²) >= 11 is 0. The van der Waals surface area contributed by atoms with Crippen LogP contribution in [0.3, 0.4) is 0 Å². The zero-order valence-electron chi connectivity index (χ0n) is 12.1. The number of ether oxygens (including phenoxy) is 1. The number of rotatable bonds is 1. The van der Waals surface area contributed by atoms with Crippen molar-refractivity contribution in [2.24, 2.45) is 0 Å². The van der Waals surface area contributed by atoms with Gasteiger partial charge in [-0.25, -0.2) is 4.79 Å². The molecule has 2 heterocycles. The fourth-order valence-electron chi connectivity index (χ4n) is 2.40. The van der Waals surface area contributed by atoms with Crippen LogP contribution >= 0.6 is 0 Å². The van der Waals surface area contributed by atoms with Gasteiger partial charge in [0.1, 0.15) is 5.60 Å². The molecule has 1 atom stereocenters. The van der Waals surface area contributed by atoms with E-state index in [1.807, 2.05) is 33.0 Å². The summed E-state index contributed by atoms with van der Waals surface area (Å²) in [6, 6.07) is 4.02. The largest absolute Gasteiger partial charge is 0.444 e. The van der Waals surface area contributed by atoms with E-state index in [-0.39, 0.29) is 11.5 Å². The van der Waals surface area contributed by atoms with Crippen LogP contribution in [0, 0.1) is 0 Å². The molecular formula is C15H22N2O2. The topological polar surface area (TPSA) is 42.4 Å². The van der Waals surface area contributed by atoms with E-state index in [0.717, 1.165) is 13.0 Å². The van der Waals surface area contributed by atoms with Gasteiger partial charge in [-0.05, 0) is 38.8 Å². The van der Waals surface area contributed by atoms with Gasteiger partial charge in [0.2, 0.25) is 0 Å². The van der Waals surface area contributed by atoms with Crippen molar-refractivity contribution in [2.75, 3.05) is 13.1 Å². The Morgan fingerprint density at radius 1 is 1.47 bits per heavy atom. The smallest absolute Gasteiger partial charge is 0.410 e. The number of amides is 1. The van der Waals surface area contributed by atoms with E-state index in [4.69, 9.17) is 4.74 Å². The lowest BCUT2D eigenvalue weighted by molar-refractivity contribution is 0.0285. The van der Waals surface area contributed by atoms with Crippen LogP contribution in [0.5, 0.6) is 0 Å². The van der Waals surface area contributed by atoms with Crippen molar-refractivity contribution in [3.05, 3.63) is 30.1 Å². The molecule has 0 spiro atoms. The minimum atomic E-state index is -0.440. The van der Waals surface area contributed by atoms with Crippen LogP contribution in [0.1, 0.15) is 39.7 Å². The molecule has 4 heteroatoms. The fraction of sp³-hybridized carbons (Fsp3) is 0.600. The molecule has 104 valence electrons. The molecule has 1 aliphatic heterocycles. The minimum absolute atomic E-state index is 0.0227. The van der Waals surface area contributed by atoms with E-state index in [1.54, 1.807) is 11.1 Å².